The summed E-state index contributed by atoms with van der Waals surface area (Å²) in [5.41, 5.74) is 10.6. The molecule has 0 aliphatic carbocycles. The van der Waals surface area contributed by atoms with Crippen LogP contribution in [0.2, 0.25) is 0 Å². The number of aromatic nitrogens is 4. The van der Waals surface area contributed by atoms with Crippen molar-refractivity contribution >= 4 is 38.5 Å². The number of hydrogen-bond acceptors (Lipinski definition) is 3. The minimum absolute atomic E-state index is 0.133. The maximum atomic E-state index is 8.96. The van der Waals surface area contributed by atoms with Crippen LogP contribution in [-0.4, -0.2) is 14.1 Å². The van der Waals surface area contributed by atoms with Gasteiger partial charge in [-0.1, -0.05) is 127 Å². The molecular formula is C48H33N5O. The smallest absolute Gasteiger partial charge is 0.269 e. The van der Waals surface area contributed by atoms with Crippen LogP contribution < -0.4 is 15.0 Å². The van der Waals surface area contributed by atoms with Crippen molar-refractivity contribution in [3.8, 4) is 50.9 Å². The van der Waals surface area contributed by atoms with Gasteiger partial charge >= 0.3 is 0 Å². The second-order valence-electron chi connectivity index (χ2n) is 12.5. The van der Waals surface area contributed by atoms with Crippen LogP contribution in [0.15, 0.2) is 188 Å². The monoisotopic (exact) mass is 705 g/mol. The quantitative estimate of drug-likeness (QED) is 0.133. The third-order valence-corrected chi connectivity index (χ3v) is 9.32. The van der Waals surface area contributed by atoms with Gasteiger partial charge in [0.25, 0.3) is 6.33 Å². The second-order valence-corrected chi connectivity index (χ2v) is 12.5. The number of anilines is 1. The third-order valence-electron chi connectivity index (χ3n) is 9.32. The van der Waals surface area contributed by atoms with E-state index < -0.39 is 60.4 Å². The fourth-order valence-corrected chi connectivity index (χ4v) is 7.01. The minimum Gasteiger partial charge on any atom is -0.458 e. The van der Waals surface area contributed by atoms with Gasteiger partial charge < -0.3 is 10.5 Å². The first-order valence-corrected chi connectivity index (χ1v) is 17.1. The Labute approximate surface area is 326 Å². The van der Waals surface area contributed by atoms with E-state index in [1.807, 2.05) is 95.6 Å². The number of rotatable bonds is 7. The molecule has 0 atom stereocenters. The highest BCUT2D eigenvalue weighted by Gasteiger charge is 2.20. The summed E-state index contributed by atoms with van der Waals surface area (Å²) in [4.78, 5) is 4.62. The molecule has 10 rings (SSSR count). The summed E-state index contributed by atoms with van der Waals surface area (Å²) in [5, 5.41) is 2.05. The number of hydrogen-bond donors (Lipinski definition) is 1. The van der Waals surface area contributed by atoms with E-state index in [0.29, 0.717) is 39.7 Å². The molecule has 0 fully saturated rings. The summed E-state index contributed by atoms with van der Waals surface area (Å²) < 4.78 is 98.5. The number of imidazole rings is 1. The van der Waals surface area contributed by atoms with Crippen molar-refractivity contribution in [2.45, 2.75) is 0 Å². The lowest BCUT2D eigenvalue weighted by atomic mass is 9.95. The highest BCUT2D eigenvalue weighted by molar-refractivity contribution is 6.09. The Morgan fingerprint density at radius 1 is 0.611 bits per heavy atom. The third kappa shape index (κ3) is 5.36. The standard InChI is InChI=1S/C48H33N5O/c49-35-27-28-50-47(29-35)53-43-22-8-7-19-41(43)42-26-25-38(31-46(42)53)54-37-18-11-17-36(30-37)51-32-52(45-24-10-9-23-44(45)51)48-39(33-13-3-1-4-14-33)20-12-21-40(48)34-15-5-2-6-16-34/h1-31H,(H2,49,50)/i1D,2D,3D,4D,5D,6D,13D,14D,15D,16D. The van der Waals surface area contributed by atoms with Gasteiger partial charge in [-0.2, -0.15) is 0 Å². The lowest BCUT2D eigenvalue weighted by Gasteiger charge is -2.17. The molecule has 7 aromatic carbocycles. The number of nitrogens with zero attached hydrogens (tertiary/aromatic N) is 4. The molecule has 0 saturated carbocycles. The summed E-state index contributed by atoms with van der Waals surface area (Å²) >= 11 is 0. The SMILES string of the molecule is [2H]c1c([2H])c([2H])c(-c2cccc(-c3c([2H])c([2H])c([2H])c([2H])c3[2H])c2-[n+]2[c-]n(-c3cccc(Oc4ccc5c6ccccc6n(-c6cc(N)ccn6)c5c4)c3)c3ccccc32)c([2H])c1[2H]. The van der Waals surface area contributed by atoms with Crippen molar-refractivity contribution in [3.63, 3.8) is 0 Å². The van der Waals surface area contributed by atoms with Crippen molar-refractivity contribution in [2.75, 3.05) is 5.73 Å². The molecule has 0 radical (unpaired) electrons. The molecule has 54 heavy (non-hydrogen) atoms. The maximum Gasteiger partial charge on any atom is 0.269 e. The minimum atomic E-state index is -0.569. The average Bonchev–Trinajstić information content (AvgIpc) is 3.85. The molecule has 0 amide bonds. The molecule has 10 aromatic rings. The summed E-state index contributed by atoms with van der Waals surface area (Å²) in [6.07, 6.45) is 5.09. The largest absolute Gasteiger partial charge is 0.458 e. The van der Waals surface area contributed by atoms with E-state index in [9.17, 15) is 0 Å². The molecule has 0 aliphatic rings. The zero-order valence-corrected chi connectivity index (χ0v) is 28.4. The predicted octanol–water partition coefficient (Wildman–Crippen LogP) is 10.9. The van der Waals surface area contributed by atoms with Crippen LogP contribution in [0.5, 0.6) is 11.5 Å². The van der Waals surface area contributed by atoms with E-state index >= 15 is 0 Å². The first-order chi connectivity index (χ1) is 30.8. The van der Waals surface area contributed by atoms with Crippen molar-refractivity contribution < 1.29 is 23.0 Å². The van der Waals surface area contributed by atoms with Gasteiger partial charge in [0, 0.05) is 34.8 Å². The molecule has 0 bridgehead atoms. The molecule has 3 heterocycles. The van der Waals surface area contributed by atoms with Crippen LogP contribution in [0.3, 0.4) is 0 Å². The summed E-state index contributed by atoms with van der Waals surface area (Å²) in [6.45, 7) is 0. The first kappa shape index (κ1) is 22.5. The number of benzene rings is 7. The zero-order valence-electron chi connectivity index (χ0n) is 38.4. The summed E-state index contributed by atoms with van der Waals surface area (Å²) in [6, 6.07) is 31.7. The first-order valence-electron chi connectivity index (χ1n) is 22.1. The van der Waals surface area contributed by atoms with Gasteiger partial charge in [-0.3, -0.25) is 13.7 Å². The predicted molar refractivity (Wildman–Crippen MR) is 218 cm³/mol. The van der Waals surface area contributed by atoms with Gasteiger partial charge in [0.1, 0.15) is 17.3 Å². The Bertz CT molecular complexity index is 3440. The number of pyridine rings is 1. The molecule has 2 N–H and O–H groups in total. The number of nitrogen functional groups attached to an aromatic ring is 1. The maximum absolute atomic E-state index is 8.96. The van der Waals surface area contributed by atoms with E-state index in [-0.39, 0.29) is 27.9 Å². The van der Waals surface area contributed by atoms with E-state index in [2.05, 4.69) is 17.4 Å². The fourth-order valence-electron chi connectivity index (χ4n) is 7.01. The molecule has 0 saturated heterocycles. The molecule has 3 aromatic heterocycles. The van der Waals surface area contributed by atoms with Crippen LogP contribution in [0.4, 0.5) is 5.69 Å². The van der Waals surface area contributed by atoms with Crippen LogP contribution in [0.1, 0.15) is 13.7 Å². The molecule has 256 valence electrons. The topological polar surface area (TPSA) is 61.9 Å². The van der Waals surface area contributed by atoms with Crippen molar-refractivity contribution in [1.29, 1.82) is 0 Å². The van der Waals surface area contributed by atoms with Crippen LogP contribution in [0, 0.1) is 6.33 Å². The van der Waals surface area contributed by atoms with Crippen LogP contribution in [-0.2, 0) is 0 Å². The molecule has 0 unspecified atom stereocenters. The lowest BCUT2D eigenvalue weighted by molar-refractivity contribution is -0.571. The molecule has 0 aliphatic heterocycles. The van der Waals surface area contributed by atoms with E-state index in [1.165, 1.54) is 0 Å². The van der Waals surface area contributed by atoms with E-state index in [1.54, 1.807) is 39.6 Å². The lowest BCUT2D eigenvalue weighted by Crippen LogP contribution is -2.31. The van der Waals surface area contributed by atoms with Crippen molar-refractivity contribution in [1.82, 2.24) is 14.1 Å². The molecule has 6 nitrogen and oxygen atoms in total. The van der Waals surface area contributed by atoms with Gasteiger partial charge in [-0.05, 0) is 64.7 Å². The normalized spacial score (nSPS) is 14.0. The van der Waals surface area contributed by atoms with Gasteiger partial charge in [0.15, 0.2) is 0 Å². The molecular weight excluding hydrogens is 663 g/mol. The summed E-state index contributed by atoms with van der Waals surface area (Å²) in [7, 11) is 0. The zero-order chi connectivity index (χ0) is 44.7. The highest BCUT2D eigenvalue weighted by atomic mass is 16.5. The van der Waals surface area contributed by atoms with Gasteiger partial charge in [-0.15, -0.1) is 0 Å². The number of nitrogens with two attached hydrogens (primary N) is 1. The van der Waals surface area contributed by atoms with Gasteiger partial charge in [0.05, 0.1) is 47.1 Å². The fraction of sp³-hybridized carbons (Fsp3) is 0. The Balaban J connectivity index is 1.16. The van der Waals surface area contributed by atoms with Crippen LogP contribution in [0.25, 0.3) is 72.3 Å². The second kappa shape index (κ2) is 13.0. The molecule has 0 spiro atoms. The van der Waals surface area contributed by atoms with E-state index in [0.717, 1.165) is 21.8 Å². The Morgan fingerprint density at radius 3 is 2.04 bits per heavy atom. The molecule has 6 heteroatoms. The Hall–Kier alpha value is -7.44. The van der Waals surface area contributed by atoms with E-state index in [4.69, 9.17) is 24.2 Å². The van der Waals surface area contributed by atoms with Crippen LogP contribution >= 0.6 is 0 Å². The number of para-hydroxylation sites is 4. The van der Waals surface area contributed by atoms with Gasteiger partial charge in [-0.25, -0.2) is 4.98 Å². The Morgan fingerprint density at radius 2 is 1.28 bits per heavy atom. The summed E-state index contributed by atoms with van der Waals surface area (Å²) in [5.74, 6) is 1.72. The number of ether oxygens (including phenoxy) is 1. The highest BCUT2D eigenvalue weighted by Crippen LogP contribution is 2.37. The Kier molecular flexibility index (Phi) is 5.39. The average molecular weight is 706 g/mol. The van der Waals surface area contributed by atoms with Gasteiger partial charge in [0.2, 0.25) is 0 Å². The van der Waals surface area contributed by atoms with Crippen molar-refractivity contribution in [2.24, 2.45) is 0 Å². The number of fused-ring (bicyclic) bond motifs is 4. The van der Waals surface area contributed by atoms with Crippen molar-refractivity contribution in [3.05, 3.63) is 194 Å².